The molecule has 2 rings (SSSR count). The summed E-state index contributed by atoms with van der Waals surface area (Å²) in [6.07, 6.45) is 5.27. The summed E-state index contributed by atoms with van der Waals surface area (Å²) in [5.41, 5.74) is 0. The molecule has 1 saturated heterocycles. The standard InChI is InChI=1S/C9H16O3/c1-9(10-2)11-7-5-3-4-6-8(7)12-9/h7-8H,3-6H2,1-2H3/t7-,8-/m0/s1. The molecule has 0 bridgehead atoms. The lowest BCUT2D eigenvalue weighted by molar-refractivity contribution is -0.318. The van der Waals surface area contributed by atoms with Gasteiger partial charge in [-0.2, -0.15) is 0 Å². The van der Waals surface area contributed by atoms with Crippen molar-refractivity contribution < 1.29 is 14.2 Å². The average Bonchev–Trinajstić information content (AvgIpc) is 2.42. The van der Waals surface area contributed by atoms with Gasteiger partial charge in [0.05, 0.1) is 12.2 Å². The molecule has 0 unspecified atom stereocenters. The van der Waals surface area contributed by atoms with E-state index in [2.05, 4.69) is 0 Å². The third kappa shape index (κ3) is 1.37. The Kier molecular flexibility index (Phi) is 2.10. The van der Waals surface area contributed by atoms with Gasteiger partial charge in [0.1, 0.15) is 0 Å². The van der Waals surface area contributed by atoms with Gasteiger partial charge in [0.15, 0.2) is 0 Å². The molecule has 12 heavy (non-hydrogen) atoms. The largest absolute Gasteiger partial charge is 0.331 e. The van der Waals surface area contributed by atoms with Crippen LogP contribution in [0.1, 0.15) is 32.6 Å². The lowest BCUT2D eigenvalue weighted by Crippen LogP contribution is -2.28. The normalized spacial score (nSPS) is 39.5. The van der Waals surface area contributed by atoms with E-state index >= 15 is 0 Å². The molecule has 3 heteroatoms. The van der Waals surface area contributed by atoms with Crippen LogP contribution >= 0.6 is 0 Å². The Balaban J connectivity index is 2.02. The van der Waals surface area contributed by atoms with Crippen LogP contribution in [0, 0.1) is 0 Å². The van der Waals surface area contributed by atoms with Crippen molar-refractivity contribution in [2.45, 2.75) is 50.8 Å². The Labute approximate surface area is 73.0 Å². The van der Waals surface area contributed by atoms with Crippen LogP contribution in [0.4, 0.5) is 0 Å². The number of methoxy groups -OCH3 is 1. The van der Waals surface area contributed by atoms with Crippen LogP contribution in [-0.4, -0.2) is 25.3 Å². The van der Waals surface area contributed by atoms with Gasteiger partial charge < -0.3 is 14.2 Å². The molecule has 2 atom stereocenters. The minimum Gasteiger partial charge on any atom is -0.331 e. The molecule has 0 aromatic heterocycles. The Hall–Kier alpha value is -0.120. The molecule has 2 aliphatic rings. The van der Waals surface area contributed by atoms with Crippen molar-refractivity contribution in [3.8, 4) is 0 Å². The lowest BCUT2D eigenvalue weighted by Gasteiger charge is -2.20. The maximum absolute atomic E-state index is 5.66. The van der Waals surface area contributed by atoms with Gasteiger partial charge in [0.25, 0.3) is 5.97 Å². The van der Waals surface area contributed by atoms with Gasteiger partial charge in [-0.3, -0.25) is 0 Å². The third-order valence-corrected chi connectivity index (χ3v) is 2.74. The molecule has 2 fully saturated rings. The van der Waals surface area contributed by atoms with Crippen molar-refractivity contribution in [1.29, 1.82) is 0 Å². The Bertz CT molecular complexity index is 155. The second kappa shape index (κ2) is 2.98. The van der Waals surface area contributed by atoms with E-state index in [1.165, 1.54) is 12.8 Å². The summed E-state index contributed by atoms with van der Waals surface area (Å²) in [4.78, 5) is 0. The molecule has 0 radical (unpaired) electrons. The van der Waals surface area contributed by atoms with E-state index in [0.717, 1.165) is 12.8 Å². The Morgan fingerprint density at radius 1 is 1.17 bits per heavy atom. The summed E-state index contributed by atoms with van der Waals surface area (Å²) in [5, 5.41) is 0. The first kappa shape index (κ1) is 8.48. The zero-order valence-corrected chi connectivity index (χ0v) is 7.71. The van der Waals surface area contributed by atoms with Crippen LogP contribution in [0.25, 0.3) is 0 Å². The molecular weight excluding hydrogens is 156 g/mol. The van der Waals surface area contributed by atoms with Gasteiger partial charge in [-0.1, -0.05) is 12.8 Å². The fraction of sp³-hybridized carbons (Fsp3) is 1.00. The number of ether oxygens (including phenoxy) is 3. The van der Waals surface area contributed by atoms with Crippen molar-refractivity contribution in [2.75, 3.05) is 7.11 Å². The van der Waals surface area contributed by atoms with Crippen molar-refractivity contribution >= 4 is 0 Å². The zero-order valence-electron chi connectivity index (χ0n) is 7.71. The summed E-state index contributed by atoms with van der Waals surface area (Å²) >= 11 is 0. The molecule has 3 nitrogen and oxygen atoms in total. The minimum absolute atomic E-state index is 0.267. The van der Waals surface area contributed by atoms with Crippen LogP contribution in [0.3, 0.4) is 0 Å². The molecule has 1 heterocycles. The number of fused-ring (bicyclic) bond motifs is 1. The van der Waals surface area contributed by atoms with Gasteiger partial charge in [0.2, 0.25) is 0 Å². The maximum Gasteiger partial charge on any atom is 0.280 e. The third-order valence-electron chi connectivity index (χ3n) is 2.74. The summed E-state index contributed by atoms with van der Waals surface area (Å²) in [7, 11) is 1.62. The first-order chi connectivity index (χ1) is 5.73. The summed E-state index contributed by atoms with van der Waals surface area (Å²) < 4.78 is 16.5. The minimum atomic E-state index is -0.778. The predicted octanol–water partition coefficient (Wildman–Crippen LogP) is 1.66. The highest BCUT2D eigenvalue weighted by Gasteiger charge is 2.45. The number of hydrogen-bond donors (Lipinski definition) is 0. The first-order valence-electron chi connectivity index (χ1n) is 4.64. The molecule has 0 spiro atoms. The van der Waals surface area contributed by atoms with E-state index in [-0.39, 0.29) is 12.2 Å². The molecular formula is C9H16O3. The molecule has 1 aliphatic carbocycles. The average molecular weight is 172 g/mol. The van der Waals surface area contributed by atoms with Gasteiger partial charge in [-0.05, 0) is 12.8 Å². The van der Waals surface area contributed by atoms with Gasteiger partial charge in [-0.15, -0.1) is 0 Å². The second-order valence-corrected chi connectivity index (χ2v) is 3.66. The molecule has 0 amide bonds. The van der Waals surface area contributed by atoms with E-state index in [4.69, 9.17) is 14.2 Å². The fourth-order valence-electron chi connectivity index (χ4n) is 2.01. The van der Waals surface area contributed by atoms with Crippen LogP contribution in [-0.2, 0) is 14.2 Å². The van der Waals surface area contributed by atoms with E-state index in [0.29, 0.717) is 0 Å². The number of rotatable bonds is 1. The van der Waals surface area contributed by atoms with E-state index in [9.17, 15) is 0 Å². The highest BCUT2D eigenvalue weighted by molar-refractivity contribution is 4.82. The number of hydrogen-bond acceptors (Lipinski definition) is 3. The van der Waals surface area contributed by atoms with E-state index in [1.54, 1.807) is 7.11 Å². The molecule has 70 valence electrons. The van der Waals surface area contributed by atoms with Crippen LogP contribution in [0.15, 0.2) is 0 Å². The second-order valence-electron chi connectivity index (χ2n) is 3.66. The quantitative estimate of drug-likeness (QED) is 0.602. The smallest absolute Gasteiger partial charge is 0.280 e. The van der Waals surface area contributed by atoms with Crippen molar-refractivity contribution in [3.05, 3.63) is 0 Å². The summed E-state index contributed by atoms with van der Waals surface area (Å²) in [5.74, 6) is -0.778. The van der Waals surface area contributed by atoms with E-state index < -0.39 is 5.97 Å². The van der Waals surface area contributed by atoms with Crippen molar-refractivity contribution in [1.82, 2.24) is 0 Å². The molecule has 0 aromatic carbocycles. The van der Waals surface area contributed by atoms with Crippen LogP contribution in [0.5, 0.6) is 0 Å². The van der Waals surface area contributed by atoms with Gasteiger partial charge in [-0.25, -0.2) is 0 Å². The molecule has 0 aromatic rings. The van der Waals surface area contributed by atoms with Crippen LogP contribution in [0.2, 0.25) is 0 Å². The SMILES string of the molecule is COC1(C)O[C@H]2CCCC[C@@H]2O1. The van der Waals surface area contributed by atoms with E-state index in [1.807, 2.05) is 6.92 Å². The summed E-state index contributed by atoms with van der Waals surface area (Å²) in [6, 6.07) is 0. The first-order valence-corrected chi connectivity index (χ1v) is 4.64. The topological polar surface area (TPSA) is 27.7 Å². The van der Waals surface area contributed by atoms with Crippen LogP contribution < -0.4 is 0 Å². The summed E-state index contributed by atoms with van der Waals surface area (Å²) in [6.45, 7) is 1.84. The van der Waals surface area contributed by atoms with Crippen molar-refractivity contribution in [3.63, 3.8) is 0 Å². The Morgan fingerprint density at radius 2 is 1.67 bits per heavy atom. The predicted molar refractivity (Wildman–Crippen MR) is 43.6 cm³/mol. The maximum atomic E-state index is 5.66. The highest BCUT2D eigenvalue weighted by Crippen LogP contribution is 2.36. The van der Waals surface area contributed by atoms with Crippen molar-refractivity contribution in [2.24, 2.45) is 0 Å². The Morgan fingerprint density at radius 3 is 2.08 bits per heavy atom. The lowest BCUT2D eigenvalue weighted by atomic mass is 9.95. The molecule has 1 aliphatic heterocycles. The monoisotopic (exact) mass is 172 g/mol. The molecule has 1 saturated carbocycles. The van der Waals surface area contributed by atoms with Gasteiger partial charge >= 0.3 is 0 Å². The molecule has 0 N–H and O–H groups in total. The fourth-order valence-corrected chi connectivity index (χ4v) is 2.01. The van der Waals surface area contributed by atoms with Gasteiger partial charge in [0, 0.05) is 14.0 Å². The highest BCUT2D eigenvalue weighted by atomic mass is 16.9. The zero-order chi connectivity index (χ0) is 8.60.